The number of carbonyl (C=O) groups is 2. The van der Waals surface area contributed by atoms with Gasteiger partial charge in [0.2, 0.25) is 11.8 Å². The molecule has 0 atom stereocenters. The second kappa shape index (κ2) is 7.70. The Morgan fingerprint density at radius 3 is 2.36 bits per heavy atom. The summed E-state index contributed by atoms with van der Waals surface area (Å²) in [4.78, 5) is 25.1. The molecular weight excluding hydrogens is 336 g/mol. The average molecular weight is 359 g/mol. The van der Waals surface area contributed by atoms with Gasteiger partial charge in [-0.15, -0.1) is 0 Å². The summed E-state index contributed by atoms with van der Waals surface area (Å²) in [6.45, 7) is 7.41. The molecule has 4 nitrogen and oxygen atoms in total. The molecule has 0 fully saturated rings. The van der Waals surface area contributed by atoms with Gasteiger partial charge in [-0.2, -0.15) is 0 Å². The van der Waals surface area contributed by atoms with Crippen molar-refractivity contribution in [3.8, 4) is 0 Å². The van der Waals surface area contributed by atoms with Crippen LogP contribution in [0.4, 0.5) is 5.69 Å². The van der Waals surface area contributed by atoms with Gasteiger partial charge in [-0.3, -0.25) is 9.59 Å². The largest absolute Gasteiger partial charge is 0.351 e. The molecule has 132 valence electrons. The van der Waals surface area contributed by atoms with E-state index in [1.54, 1.807) is 32.0 Å². The third-order valence-corrected chi connectivity index (χ3v) is 4.76. The summed E-state index contributed by atoms with van der Waals surface area (Å²) in [6.07, 6.45) is 0. The minimum absolute atomic E-state index is 0.326. The summed E-state index contributed by atoms with van der Waals surface area (Å²) in [7, 11) is 0. The molecule has 0 aromatic heterocycles. The van der Waals surface area contributed by atoms with Crippen LogP contribution in [-0.4, -0.2) is 11.8 Å². The van der Waals surface area contributed by atoms with E-state index in [1.807, 2.05) is 38.1 Å². The standard InChI is InChI=1S/C20H23ClN2O2/c1-13-8-5-6-9-15(13)12-22-18(24)20(3,4)19(25)23-17-11-7-10-16(21)14(17)2/h5-11H,12H2,1-4H3,(H,22,24)(H,23,25). The lowest BCUT2D eigenvalue weighted by Gasteiger charge is -2.23. The number of hydrogen-bond donors (Lipinski definition) is 2. The van der Waals surface area contributed by atoms with Gasteiger partial charge in [-0.25, -0.2) is 0 Å². The van der Waals surface area contributed by atoms with Crippen molar-refractivity contribution >= 4 is 29.1 Å². The maximum atomic E-state index is 12.6. The first-order valence-electron chi connectivity index (χ1n) is 8.13. The Hall–Kier alpha value is -2.33. The molecule has 2 aromatic carbocycles. The first-order valence-corrected chi connectivity index (χ1v) is 8.50. The molecule has 0 saturated heterocycles. The van der Waals surface area contributed by atoms with Crippen LogP contribution in [-0.2, 0) is 16.1 Å². The predicted molar refractivity (Wildman–Crippen MR) is 102 cm³/mol. The zero-order chi connectivity index (χ0) is 18.6. The van der Waals surface area contributed by atoms with Crippen LogP contribution in [0.25, 0.3) is 0 Å². The molecule has 2 N–H and O–H groups in total. The summed E-state index contributed by atoms with van der Waals surface area (Å²) < 4.78 is 0. The van der Waals surface area contributed by atoms with E-state index in [0.717, 1.165) is 16.7 Å². The Morgan fingerprint density at radius 2 is 1.68 bits per heavy atom. The van der Waals surface area contributed by atoms with Gasteiger partial charge in [-0.05, 0) is 56.5 Å². The zero-order valence-electron chi connectivity index (χ0n) is 14.9. The second-order valence-electron chi connectivity index (χ2n) is 6.60. The third-order valence-electron chi connectivity index (χ3n) is 4.35. The second-order valence-corrected chi connectivity index (χ2v) is 7.01. The molecule has 0 saturated carbocycles. The number of rotatable bonds is 5. The maximum absolute atomic E-state index is 12.6. The average Bonchev–Trinajstić information content (AvgIpc) is 2.57. The van der Waals surface area contributed by atoms with E-state index >= 15 is 0 Å². The molecule has 0 aliphatic carbocycles. The minimum atomic E-state index is -1.21. The molecule has 0 bridgehead atoms. The number of amides is 2. The number of benzene rings is 2. The fourth-order valence-electron chi connectivity index (χ4n) is 2.33. The van der Waals surface area contributed by atoms with Crippen molar-refractivity contribution in [1.82, 2.24) is 5.32 Å². The Bertz CT molecular complexity index is 800. The molecule has 2 rings (SSSR count). The van der Waals surface area contributed by atoms with Crippen LogP contribution in [0.15, 0.2) is 42.5 Å². The quantitative estimate of drug-likeness (QED) is 0.785. The summed E-state index contributed by atoms with van der Waals surface area (Å²) in [5.74, 6) is -0.701. The highest BCUT2D eigenvalue weighted by atomic mass is 35.5. The Kier molecular flexibility index (Phi) is 5.85. The van der Waals surface area contributed by atoms with Gasteiger partial charge in [0.25, 0.3) is 0 Å². The summed E-state index contributed by atoms with van der Waals surface area (Å²) >= 11 is 6.08. The van der Waals surface area contributed by atoms with Gasteiger partial charge in [0.1, 0.15) is 5.41 Å². The van der Waals surface area contributed by atoms with Gasteiger partial charge in [0, 0.05) is 17.3 Å². The van der Waals surface area contributed by atoms with Crippen molar-refractivity contribution in [3.05, 3.63) is 64.2 Å². The summed E-state index contributed by atoms with van der Waals surface area (Å²) in [5, 5.41) is 6.21. The van der Waals surface area contributed by atoms with Crippen LogP contribution < -0.4 is 10.6 Å². The molecule has 25 heavy (non-hydrogen) atoms. The van der Waals surface area contributed by atoms with Crippen molar-refractivity contribution in [1.29, 1.82) is 0 Å². The van der Waals surface area contributed by atoms with Crippen LogP contribution in [0.1, 0.15) is 30.5 Å². The summed E-state index contributed by atoms with van der Waals surface area (Å²) in [6, 6.07) is 13.1. The molecule has 5 heteroatoms. The van der Waals surface area contributed by atoms with Crippen LogP contribution >= 0.6 is 11.6 Å². The van der Waals surface area contributed by atoms with Gasteiger partial charge in [0.05, 0.1) is 0 Å². The first-order chi connectivity index (χ1) is 11.7. The monoisotopic (exact) mass is 358 g/mol. The van der Waals surface area contributed by atoms with Gasteiger partial charge < -0.3 is 10.6 Å². The van der Waals surface area contributed by atoms with E-state index in [4.69, 9.17) is 11.6 Å². The third kappa shape index (κ3) is 4.40. The highest BCUT2D eigenvalue weighted by Gasteiger charge is 2.36. The minimum Gasteiger partial charge on any atom is -0.351 e. The topological polar surface area (TPSA) is 58.2 Å². The Labute approximate surface area is 153 Å². The lowest BCUT2D eigenvalue weighted by molar-refractivity contribution is -0.138. The molecule has 0 unspecified atom stereocenters. The number of hydrogen-bond acceptors (Lipinski definition) is 2. The maximum Gasteiger partial charge on any atom is 0.239 e. The number of nitrogens with one attached hydrogen (secondary N) is 2. The zero-order valence-corrected chi connectivity index (χ0v) is 15.7. The number of carbonyl (C=O) groups excluding carboxylic acids is 2. The molecular formula is C20H23ClN2O2. The van der Waals surface area contributed by atoms with Gasteiger partial charge in [0.15, 0.2) is 0 Å². The molecule has 0 aliphatic heterocycles. The van der Waals surface area contributed by atoms with E-state index < -0.39 is 5.41 Å². The molecule has 2 aromatic rings. The lowest BCUT2D eigenvalue weighted by atomic mass is 9.90. The predicted octanol–water partition coefficient (Wildman–Crippen LogP) is 4.24. The molecule has 0 spiro atoms. The highest BCUT2D eigenvalue weighted by Crippen LogP contribution is 2.25. The van der Waals surface area contributed by atoms with Crippen molar-refractivity contribution < 1.29 is 9.59 Å². The fraction of sp³-hybridized carbons (Fsp3) is 0.300. The van der Waals surface area contributed by atoms with Crippen molar-refractivity contribution in [2.24, 2.45) is 5.41 Å². The number of aryl methyl sites for hydroxylation is 1. The molecule has 0 heterocycles. The van der Waals surface area contributed by atoms with E-state index in [9.17, 15) is 9.59 Å². The van der Waals surface area contributed by atoms with Gasteiger partial charge >= 0.3 is 0 Å². The van der Waals surface area contributed by atoms with Crippen LogP contribution in [0.2, 0.25) is 5.02 Å². The molecule has 0 radical (unpaired) electrons. The molecule has 2 amide bonds. The van der Waals surface area contributed by atoms with Crippen molar-refractivity contribution in [2.45, 2.75) is 34.2 Å². The van der Waals surface area contributed by atoms with Crippen molar-refractivity contribution in [3.63, 3.8) is 0 Å². The fourth-order valence-corrected chi connectivity index (χ4v) is 2.50. The van der Waals surface area contributed by atoms with E-state index in [0.29, 0.717) is 17.3 Å². The van der Waals surface area contributed by atoms with Gasteiger partial charge in [-0.1, -0.05) is 41.9 Å². The van der Waals surface area contributed by atoms with Crippen LogP contribution in [0.5, 0.6) is 0 Å². The highest BCUT2D eigenvalue weighted by molar-refractivity contribution is 6.31. The Morgan fingerprint density at radius 1 is 1.00 bits per heavy atom. The number of halogens is 1. The Balaban J connectivity index is 2.06. The van der Waals surface area contributed by atoms with E-state index in [-0.39, 0.29) is 11.8 Å². The summed E-state index contributed by atoms with van der Waals surface area (Å²) in [5.41, 5.74) is 2.29. The van der Waals surface area contributed by atoms with E-state index in [1.165, 1.54) is 0 Å². The normalized spacial score (nSPS) is 11.1. The molecule has 0 aliphatic rings. The van der Waals surface area contributed by atoms with Crippen molar-refractivity contribution in [2.75, 3.05) is 5.32 Å². The first kappa shape index (κ1) is 19.0. The smallest absolute Gasteiger partial charge is 0.239 e. The number of anilines is 1. The van der Waals surface area contributed by atoms with Crippen LogP contribution in [0.3, 0.4) is 0 Å². The SMILES string of the molecule is Cc1ccccc1CNC(=O)C(C)(C)C(=O)Nc1cccc(Cl)c1C. The van der Waals surface area contributed by atoms with E-state index in [2.05, 4.69) is 10.6 Å². The lowest BCUT2D eigenvalue weighted by Crippen LogP contribution is -2.45. The van der Waals surface area contributed by atoms with Crippen LogP contribution in [0, 0.1) is 19.3 Å².